The van der Waals surface area contributed by atoms with Crippen molar-refractivity contribution in [2.75, 3.05) is 26.7 Å². The average molecular weight is 215 g/mol. The Balaban J connectivity index is 0. The highest BCUT2D eigenvalue weighted by Gasteiger charge is 2.10. The first-order valence-electron chi connectivity index (χ1n) is 6.34. The van der Waals surface area contributed by atoms with Crippen molar-refractivity contribution in [3.05, 3.63) is 0 Å². The zero-order valence-electron chi connectivity index (χ0n) is 11.4. The van der Waals surface area contributed by atoms with E-state index in [0.717, 1.165) is 25.6 Å². The third-order valence-corrected chi connectivity index (χ3v) is 2.03. The van der Waals surface area contributed by atoms with Crippen LogP contribution in [0.5, 0.6) is 0 Å². The molecule has 1 aliphatic heterocycles. The monoisotopic (exact) mass is 215 g/mol. The van der Waals surface area contributed by atoms with Crippen molar-refractivity contribution >= 4 is 5.96 Å². The first kappa shape index (κ1) is 16.7. The Morgan fingerprint density at radius 3 is 2.27 bits per heavy atom. The van der Waals surface area contributed by atoms with Gasteiger partial charge in [0.15, 0.2) is 5.96 Å². The van der Waals surface area contributed by atoms with E-state index in [1.54, 1.807) is 0 Å². The van der Waals surface area contributed by atoms with Crippen molar-refractivity contribution in [1.82, 2.24) is 10.2 Å². The lowest BCUT2D eigenvalue weighted by atomic mass is 10.3. The highest BCUT2D eigenvalue weighted by Crippen LogP contribution is 1.99. The topological polar surface area (TPSA) is 27.6 Å². The standard InChI is InChI=1S/C8H17N3.2C2H6/c1-3-11-7-5-4-6-10-8(11)9-2;2*1-2/h3-7H2,1-2H3,(H,9,10);2*1-2H3. The summed E-state index contributed by atoms with van der Waals surface area (Å²) in [4.78, 5) is 6.48. The van der Waals surface area contributed by atoms with Crippen molar-refractivity contribution in [2.45, 2.75) is 47.5 Å². The summed E-state index contributed by atoms with van der Waals surface area (Å²) in [7, 11) is 1.84. The van der Waals surface area contributed by atoms with Crippen LogP contribution in [-0.2, 0) is 0 Å². The maximum atomic E-state index is 4.19. The quantitative estimate of drug-likeness (QED) is 0.728. The minimum Gasteiger partial charge on any atom is -0.356 e. The van der Waals surface area contributed by atoms with Gasteiger partial charge >= 0.3 is 0 Å². The van der Waals surface area contributed by atoms with E-state index in [0.29, 0.717) is 0 Å². The molecule has 0 saturated carbocycles. The molecule has 1 rings (SSSR count). The molecule has 0 amide bonds. The molecule has 0 aromatic rings. The number of guanidine groups is 1. The number of nitrogens with zero attached hydrogens (tertiary/aromatic N) is 2. The Morgan fingerprint density at radius 1 is 1.20 bits per heavy atom. The molecule has 1 saturated heterocycles. The van der Waals surface area contributed by atoms with Gasteiger partial charge in [-0.15, -0.1) is 0 Å². The molecule has 0 radical (unpaired) electrons. The predicted molar refractivity (Wildman–Crippen MR) is 70.5 cm³/mol. The number of hydrogen-bond donors (Lipinski definition) is 1. The van der Waals surface area contributed by atoms with E-state index in [2.05, 4.69) is 22.1 Å². The summed E-state index contributed by atoms with van der Waals surface area (Å²) >= 11 is 0. The summed E-state index contributed by atoms with van der Waals surface area (Å²) in [5.41, 5.74) is 0. The van der Waals surface area contributed by atoms with Gasteiger partial charge in [-0.3, -0.25) is 4.99 Å². The molecule has 0 aliphatic carbocycles. The molecule has 1 heterocycles. The van der Waals surface area contributed by atoms with Gasteiger partial charge in [-0.2, -0.15) is 0 Å². The Bertz CT molecular complexity index is 144. The van der Waals surface area contributed by atoms with E-state index >= 15 is 0 Å². The van der Waals surface area contributed by atoms with Gasteiger partial charge in [-0.25, -0.2) is 0 Å². The van der Waals surface area contributed by atoms with Crippen molar-refractivity contribution < 1.29 is 0 Å². The zero-order valence-corrected chi connectivity index (χ0v) is 11.4. The predicted octanol–water partition coefficient (Wildman–Crippen LogP) is 2.73. The molecular formula is C12H29N3. The third-order valence-electron chi connectivity index (χ3n) is 2.03. The van der Waals surface area contributed by atoms with Crippen LogP contribution in [-0.4, -0.2) is 37.5 Å². The molecule has 1 fully saturated rings. The Kier molecular flexibility index (Phi) is 14.8. The molecule has 0 unspecified atom stereocenters. The second kappa shape index (κ2) is 13.3. The number of hydrogen-bond acceptors (Lipinski definition) is 1. The van der Waals surface area contributed by atoms with E-state index in [1.165, 1.54) is 12.8 Å². The van der Waals surface area contributed by atoms with E-state index in [-0.39, 0.29) is 0 Å². The van der Waals surface area contributed by atoms with Gasteiger partial charge in [0.1, 0.15) is 0 Å². The first-order valence-corrected chi connectivity index (χ1v) is 6.34. The van der Waals surface area contributed by atoms with Gasteiger partial charge in [0.05, 0.1) is 0 Å². The van der Waals surface area contributed by atoms with E-state index in [1.807, 2.05) is 34.7 Å². The second-order valence-electron chi connectivity index (χ2n) is 2.76. The van der Waals surface area contributed by atoms with Crippen molar-refractivity contribution in [2.24, 2.45) is 4.99 Å². The van der Waals surface area contributed by atoms with Crippen molar-refractivity contribution in [3.63, 3.8) is 0 Å². The summed E-state index contributed by atoms with van der Waals surface area (Å²) in [6, 6.07) is 0. The second-order valence-corrected chi connectivity index (χ2v) is 2.76. The molecule has 3 heteroatoms. The molecular weight excluding hydrogens is 186 g/mol. The highest BCUT2D eigenvalue weighted by atomic mass is 15.3. The van der Waals surface area contributed by atoms with E-state index in [4.69, 9.17) is 0 Å². The Morgan fingerprint density at radius 2 is 1.80 bits per heavy atom. The fourth-order valence-corrected chi connectivity index (χ4v) is 1.37. The third kappa shape index (κ3) is 7.23. The summed E-state index contributed by atoms with van der Waals surface area (Å²) in [5.74, 6) is 1.06. The molecule has 3 nitrogen and oxygen atoms in total. The molecule has 0 spiro atoms. The molecule has 0 aromatic heterocycles. The van der Waals surface area contributed by atoms with Crippen LogP contribution in [0.1, 0.15) is 47.5 Å². The van der Waals surface area contributed by atoms with E-state index in [9.17, 15) is 0 Å². The molecule has 1 N–H and O–H groups in total. The van der Waals surface area contributed by atoms with Crippen molar-refractivity contribution in [1.29, 1.82) is 0 Å². The smallest absolute Gasteiger partial charge is 0.193 e. The van der Waals surface area contributed by atoms with Crippen LogP contribution < -0.4 is 5.32 Å². The van der Waals surface area contributed by atoms with Gasteiger partial charge in [0.2, 0.25) is 0 Å². The minimum atomic E-state index is 1.06. The maximum absolute atomic E-state index is 4.19. The molecule has 15 heavy (non-hydrogen) atoms. The highest BCUT2D eigenvalue weighted by molar-refractivity contribution is 5.79. The zero-order chi connectivity index (χ0) is 12.1. The van der Waals surface area contributed by atoms with Gasteiger partial charge in [-0.1, -0.05) is 27.7 Å². The van der Waals surface area contributed by atoms with Gasteiger partial charge in [-0.05, 0) is 19.8 Å². The van der Waals surface area contributed by atoms with E-state index < -0.39 is 0 Å². The van der Waals surface area contributed by atoms with Crippen LogP contribution in [0.3, 0.4) is 0 Å². The maximum Gasteiger partial charge on any atom is 0.193 e. The molecule has 0 bridgehead atoms. The Labute approximate surface area is 96.0 Å². The summed E-state index contributed by atoms with van der Waals surface area (Å²) in [5, 5.41) is 3.31. The Hall–Kier alpha value is -0.730. The summed E-state index contributed by atoms with van der Waals surface area (Å²) in [6.07, 6.45) is 2.54. The first-order chi connectivity index (χ1) is 7.38. The lowest BCUT2D eigenvalue weighted by Gasteiger charge is -2.21. The molecule has 92 valence electrons. The van der Waals surface area contributed by atoms with Crippen molar-refractivity contribution in [3.8, 4) is 0 Å². The number of nitrogens with one attached hydrogen (secondary N) is 1. The van der Waals surface area contributed by atoms with Crippen LogP contribution in [0, 0.1) is 0 Å². The van der Waals surface area contributed by atoms with Crippen LogP contribution in [0.2, 0.25) is 0 Å². The fourth-order valence-electron chi connectivity index (χ4n) is 1.37. The fraction of sp³-hybridized carbons (Fsp3) is 0.917. The molecule has 0 atom stereocenters. The largest absolute Gasteiger partial charge is 0.356 e. The number of rotatable bonds is 1. The van der Waals surface area contributed by atoms with Crippen LogP contribution in [0.15, 0.2) is 4.99 Å². The normalized spacial score (nSPS) is 17.7. The minimum absolute atomic E-state index is 1.06. The van der Waals surface area contributed by atoms with Gasteiger partial charge in [0, 0.05) is 26.7 Å². The number of aliphatic imine (C=N–C) groups is 1. The lowest BCUT2D eigenvalue weighted by molar-refractivity contribution is 0.433. The van der Waals surface area contributed by atoms with Gasteiger partial charge in [0.25, 0.3) is 0 Å². The van der Waals surface area contributed by atoms with Crippen LogP contribution >= 0.6 is 0 Å². The lowest BCUT2D eigenvalue weighted by Crippen LogP contribution is -2.39. The summed E-state index contributed by atoms with van der Waals surface area (Å²) in [6.45, 7) is 13.4. The SMILES string of the molecule is CC.CC.CCN1CCCCNC1=NC. The van der Waals surface area contributed by atoms with Crippen LogP contribution in [0.25, 0.3) is 0 Å². The summed E-state index contributed by atoms with van der Waals surface area (Å²) < 4.78 is 0. The average Bonchev–Trinajstić information content (AvgIpc) is 2.58. The molecule has 0 aromatic carbocycles. The van der Waals surface area contributed by atoms with Crippen LogP contribution in [0.4, 0.5) is 0 Å². The van der Waals surface area contributed by atoms with Gasteiger partial charge < -0.3 is 10.2 Å². The molecule has 1 aliphatic rings.